The Morgan fingerprint density at radius 2 is 2.20 bits per heavy atom. The Balaban J connectivity index is 2.04. The quantitative estimate of drug-likeness (QED) is 0.498. The Kier molecular flexibility index (Phi) is 4.94. The number of furan rings is 1. The van der Waals surface area contributed by atoms with E-state index in [1.165, 1.54) is 0 Å². The van der Waals surface area contributed by atoms with E-state index in [-0.39, 0.29) is 5.91 Å². The molecule has 0 fully saturated rings. The number of hydrazine groups is 1. The molecule has 1 amide bonds. The molecule has 0 atom stereocenters. The predicted molar refractivity (Wildman–Crippen MR) is 79.7 cm³/mol. The second kappa shape index (κ2) is 6.69. The van der Waals surface area contributed by atoms with Crippen LogP contribution in [0.4, 0.5) is 0 Å². The van der Waals surface area contributed by atoms with Gasteiger partial charge < -0.3 is 4.42 Å². The van der Waals surface area contributed by atoms with Crippen LogP contribution in [-0.4, -0.2) is 17.9 Å². The summed E-state index contributed by atoms with van der Waals surface area (Å²) < 4.78 is 5.94. The fourth-order valence-corrected chi connectivity index (χ4v) is 2.45. The minimum Gasteiger partial charge on any atom is -0.472 e. The van der Waals surface area contributed by atoms with E-state index in [1.807, 2.05) is 19.2 Å². The molecule has 3 N–H and O–H groups in total. The molecule has 20 heavy (non-hydrogen) atoms. The Morgan fingerprint density at radius 1 is 1.40 bits per heavy atom. The van der Waals surface area contributed by atoms with Crippen molar-refractivity contribution in [1.82, 2.24) is 10.3 Å². The van der Waals surface area contributed by atoms with Gasteiger partial charge in [-0.05, 0) is 30.8 Å². The molecule has 0 saturated heterocycles. The fourth-order valence-electron chi connectivity index (χ4n) is 1.94. The monoisotopic (exact) mass is 337 g/mol. The van der Waals surface area contributed by atoms with Crippen molar-refractivity contribution in [3.63, 3.8) is 0 Å². The largest absolute Gasteiger partial charge is 0.472 e. The number of nitrogen functional groups attached to an aromatic ring is 1. The molecular formula is C14H16BrN3O2. The molecule has 1 aromatic carbocycles. The van der Waals surface area contributed by atoms with Crippen molar-refractivity contribution in [2.24, 2.45) is 5.84 Å². The van der Waals surface area contributed by atoms with Crippen LogP contribution in [0.25, 0.3) is 0 Å². The molecule has 0 bridgehead atoms. The van der Waals surface area contributed by atoms with Crippen LogP contribution in [-0.2, 0) is 13.1 Å². The van der Waals surface area contributed by atoms with Gasteiger partial charge in [0.05, 0.1) is 12.5 Å². The van der Waals surface area contributed by atoms with E-state index < -0.39 is 0 Å². The number of nitrogens with one attached hydrogen (secondary N) is 1. The number of halogens is 1. The minimum atomic E-state index is -0.302. The van der Waals surface area contributed by atoms with Crippen molar-refractivity contribution < 1.29 is 9.21 Å². The third-order valence-electron chi connectivity index (χ3n) is 2.92. The van der Waals surface area contributed by atoms with Gasteiger partial charge in [0.25, 0.3) is 5.91 Å². The first-order valence-electron chi connectivity index (χ1n) is 6.09. The SMILES string of the molecule is CN(Cc1ccoc1)Cc1ccc(C(=O)NN)cc1Br. The lowest BCUT2D eigenvalue weighted by molar-refractivity contribution is 0.0953. The average Bonchev–Trinajstić information content (AvgIpc) is 2.93. The summed E-state index contributed by atoms with van der Waals surface area (Å²) in [6.07, 6.45) is 3.40. The van der Waals surface area contributed by atoms with Gasteiger partial charge in [-0.2, -0.15) is 0 Å². The molecule has 0 aliphatic carbocycles. The summed E-state index contributed by atoms with van der Waals surface area (Å²) in [5.74, 6) is 4.81. The number of amides is 1. The highest BCUT2D eigenvalue weighted by atomic mass is 79.9. The summed E-state index contributed by atoms with van der Waals surface area (Å²) >= 11 is 3.49. The highest BCUT2D eigenvalue weighted by Gasteiger charge is 2.09. The Hall–Kier alpha value is -1.63. The van der Waals surface area contributed by atoms with Crippen molar-refractivity contribution in [2.75, 3.05) is 7.05 Å². The van der Waals surface area contributed by atoms with E-state index in [0.29, 0.717) is 5.56 Å². The maximum Gasteiger partial charge on any atom is 0.265 e. The molecule has 0 spiro atoms. The number of benzene rings is 1. The molecule has 2 aromatic rings. The van der Waals surface area contributed by atoms with Crippen LogP contribution in [0.5, 0.6) is 0 Å². The van der Waals surface area contributed by atoms with Crippen molar-refractivity contribution in [3.05, 3.63) is 58.0 Å². The van der Waals surface area contributed by atoms with Gasteiger partial charge >= 0.3 is 0 Å². The zero-order valence-electron chi connectivity index (χ0n) is 11.1. The molecule has 0 saturated carbocycles. The van der Waals surface area contributed by atoms with E-state index in [9.17, 15) is 4.79 Å². The predicted octanol–water partition coefficient (Wildman–Crippen LogP) is 2.28. The van der Waals surface area contributed by atoms with Crippen LogP contribution in [0.2, 0.25) is 0 Å². The standard InChI is InChI=1S/C14H16BrN3O2/c1-18(7-10-4-5-20-9-10)8-12-3-2-11(6-13(12)15)14(19)17-16/h2-6,9H,7-8,16H2,1H3,(H,17,19). The molecule has 1 heterocycles. The number of rotatable bonds is 5. The van der Waals surface area contributed by atoms with E-state index in [1.54, 1.807) is 24.7 Å². The number of carbonyl (C=O) groups is 1. The third-order valence-corrected chi connectivity index (χ3v) is 3.66. The molecule has 5 nitrogen and oxygen atoms in total. The smallest absolute Gasteiger partial charge is 0.265 e. The molecule has 106 valence electrons. The highest BCUT2D eigenvalue weighted by molar-refractivity contribution is 9.10. The van der Waals surface area contributed by atoms with Crippen LogP contribution < -0.4 is 11.3 Å². The second-order valence-electron chi connectivity index (χ2n) is 4.58. The minimum absolute atomic E-state index is 0.302. The van der Waals surface area contributed by atoms with Crippen molar-refractivity contribution >= 4 is 21.8 Å². The number of nitrogens with two attached hydrogens (primary N) is 1. The van der Waals surface area contributed by atoms with E-state index in [0.717, 1.165) is 28.7 Å². The van der Waals surface area contributed by atoms with Crippen LogP contribution >= 0.6 is 15.9 Å². The lowest BCUT2D eigenvalue weighted by Crippen LogP contribution is -2.30. The van der Waals surface area contributed by atoms with Gasteiger partial charge in [-0.1, -0.05) is 22.0 Å². The first-order chi connectivity index (χ1) is 9.60. The zero-order valence-corrected chi connectivity index (χ0v) is 12.7. The summed E-state index contributed by atoms with van der Waals surface area (Å²) in [5, 5.41) is 0. The van der Waals surface area contributed by atoms with Gasteiger partial charge in [-0.25, -0.2) is 5.84 Å². The average molecular weight is 338 g/mol. The summed E-state index contributed by atoms with van der Waals surface area (Å²) in [7, 11) is 2.03. The lowest BCUT2D eigenvalue weighted by Gasteiger charge is -2.17. The lowest BCUT2D eigenvalue weighted by atomic mass is 10.1. The van der Waals surface area contributed by atoms with Gasteiger partial charge in [0.2, 0.25) is 0 Å². The summed E-state index contributed by atoms with van der Waals surface area (Å²) in [6.45, 7) is 1.56. The molecule has 0 unspecified atom stereocenters. The van der Waals surface area contributed by atoms with E-state index >= 15 is 0 Å². The third kappa shape index (κ3) is 3.69. The van der Waals surface area contributed by atoms with Crippen molar-refractivity contribution in [2.45, 2.75) is 13.1 Å². The molecular weight excluding hydrogens is 322 g/mol. The van der Waals surface area contributed by atoms with Crippen LogP contribution in [0, 0.1) is 0 Å². The second-order valence-corrected chi connectivity index (χ2v) is 5.44. The number of carbonyl (C=O) groups excluding carboxylic acids is 1. The first-order valence-corrected chi connectivity index (χ1v) is 6.88. The Labute approximate surface area is 125 Å². The number of hydrogen-bond acceptors (Lipinski definition) is 4. The molecule has 0 radical (unpaired) electrons. The zero-order chi connectivity index (χ0) is 14.5. The summed E-state index contributed by atoms with van der Waals surface area (Å²) in [6, 6.07) is 7.39. The number of hydrogen-bond donors (Lipinski definition) is 2. The van der Waals surface area contributed by atoms with E-state index in [2.05, 4.69) is 26.3 Å². The first kappa shape index (κ1) is 14.8. The highest BCUT2D eigenvalue weighted by Crippen LogP contribution is 2.20. The van der Waals surface area contributed by atoms with Gasteiger partial charge in [0.15, 0.2) is 0 Å². The van der Waals surface area contributed by atoms with Gasteiger partial charge in [0.1, 0.15) is 0 Å². The topological polar surface area (TPSA) is 71.5 Å². The van der Waals surface area contributed by atoms with Crippen LogP contribution in [0.15, 0.2) is 45.7 Å². The molecule has 6 heteroatoms. The summed E-state index contributed by atoms with van der Waals surface area (Å²) in [5.41, 5.74) is 4.88. The normalized spacial score (nSPS) is 10.8. The van der Waals surface area contributed by atoms with Crippen molar-refractivity contribution in [1.29, 1.82) is 0 Å². The van der Waals surface area contributed by atoms with Crippen molar-refractivity contribution in [3.8, 4) is 0 Å². The van der Waals surface area contributed by atoms with Crippen LogP contribution in [0.1, 0.15) is 21.5 Å². The molecule has 0 aliphatic rings. The Bertz CT molecular complexity index is 584. The maximum absolute atomic E-state index is 11.4. The molecule has 0 aliphatic heterocycles. The van der Waals surface area contributed by atoms with Crippen LogP contribution in [0.3, 0.4) is 0 Å². The number of nitrogens with zero attached hydrogens (tertiary/aromatic N) is 1. The molecule has 2 rings (SSSR count). The fraction of sp³-hybridized carbons (Fsp3) is 0.214. The summed E-state index contributed by atoms with van der Waals surface area (Å²) in [4.78, 5) is 13.6. The maximum atomic E-state index is 11.4. The van der Waals surface area contributed by atoms with Gasteiger partial charge in [-0.3, -0.25) is 15.1 Å². The molecule has 1 aromatic heterocycles. The Morgan fingerprint density at radius 3 is 2.80 bits per heavy atom. The van der Waals surface area contributed by atoms with Gasteiger partial charge in [-0.15, -0.1) is 0 Å². The van der Waals surface area contributed by atoms with Gasteiger partial charge in [0, 0.05) is 28.7 Å². The van der Waals surface area contributed by atoms with E-state index in [4.69, 9.17) is 10.3 Å².